The molecule has 0 atom stereocenters. The zero-order valence-corrected chi connectivity index (χ0v) is 13.9. The lowest BCUT2D eigenvalue weighted by molar-refractivity contribution is 0.0674. The topological polar surface area (TPSA) is 60.1 Å². The largest absolute Gasteiger partial charge is 0.457 e. The van der Waals surface area contributed by atoms with Crippen LogP contribution in [0.4, 0.5) is 0 Å². The number of nitrogens with zero attached hydrogens (tertiary/aromatic N) is 2. The molecule has 126 valence electrons. The highest BCUT2D eigenvalue weighted by Crippen LogP contribution is 2.26. The summed E-state index contributed by atoms with van der Waals surface area (Å²) in [6.45, 7) is 5.51. The monoisotopic (exact) mass is 325 g/mol. The van der Waals surface area contributed by atoms with Gasteiger partial charge < -0.3 is 20.1 Å². The predicted octanol–water partition coefficient (Wildman–Crippen LogP) is 2.93. The molecular formula is C19H23N3O2. The number of morpholine rings is 1. The Bertz CT molecular complexity index is 709. The van der Waals surface area contributed by atoms with Gasteiger partial charge in [-0.15, -0.1) is 0 Å². The molecule has 2 aromatic carbocycles. The van der Waals surface area contributed by atoms with E-state index in [0.717, 1.165) is 30.2 Å². The quantitative estimate of drug-likeness (QED) is 0.693. The standard InChI is InChI=1S/C19H23N3O2/c1-15-5-4-7-17(13-15)24-18-8-3-2-6-16(18)14-21-19(20)22-9-11-23-12-10-22/h2-8,13H,9-12,14H2,1H3,(H2,20,21). The molecule has 0 aliphatic carbocycles. The number of ether oxygens (including phenoxy) is 2. The Hall–Kier alpha value is -2.53. The van der Waals surface area contributed by atoms with Crippen molar-refractivity contribution in [2.45, 2.75) is 13.5 Å². The molecule has 2 aromatic rings. The summed E-state index contributed by atoms with van der Waals surface area (Å²) in [5.74, 6) is 2.19. The van der Waals surface area contributed by atoms with Gasteiger partial charge >= 0.3 is 0 Å². The summed E-state index contributed by atoms with van der Waals surface area (Å²) in [7, 11) is 0. The summed E-state index contributed by atoms with van der Waals surface area (Å²) < 4.78 is 11.4. The van der Waals surface area contributed by atoms with Gasteiger partial charge in [-0.05, 0) is 30.7 Å². The first-order valence-corrected chi connectivity index (χ1v) is 8.17. The third-order valence-corrected chi connectivity index (χ3v) is 3.94. The van der Waals surface area contributed by atoms with E-state index in [-0.39, 0.29) is 0 Å². The van der Waals surface area contributed by atoms with Gasteiger partial charge in [-0.3, -0.25) is 0 Å². The van der Waals surface area contributed by atoms with Crippen LogP contribution in [0, 0.1) is 6.92 Å². The fourth-order valence-corrected chi connectivity index (χ4v) is 2.60. The number of guanidine groups is 1. The van der Waals surface area contributed by atoms with Crippen molar-refractivity contribution < 1.29 is 9.47 Å². The minimum atomic E-state index is 0.491. The Morgan fingerprint density at radius 1 is 1.17 bits per heavy atom. The third-order valence-electron chi connectivity index (χ3n) is 3.94. The number of aryl methyl sites for hydroxylation is 1. The van der Waals surface area contributed by atoms with E-state index >= 15 is 0 Å². The smallest absolute Gasteiger partial charge is 0.191 e. The summed E-state index contributed by atoms with van der Waals surface area (Å²) in [6, 6.07) is 15.9. The highest BCUT2D eigenvalue weighted by molar-refractivity contribution is 5.78. The minimum absolute atomic E-state index is 0.491. The number of hydrogen-bond acceptors (Lipinski definition) is 3. The molecule has 0 radical (unpaired) electrons. The Balaban J connectivity index is 1.72. The van der Waals surface area contributed by atoms with Crippen molar-refractivity contribution in [2.24, 2.45) is 10.7 Å². The number of benzene rings is 2. The Morgan fingerprint density at radius 2 is 1.96 bits per heavy atom. The molecule has 1 aliphatic heterocycles. The molecule has 5 nitrogen and oxygen atoms in total. The van der Waals surface area contributed by atoms with Crippen molar-refractivity contribution in [3.05, 3.63) is 59.7 Å². The summed E-state index contributed by atoms with van der Waals surface area (Å²) in [5, 5.41) is 0. The van der Waals surface area contributed by atoms with Crippen LogP contribution in [0.25, 0.3) is 0 Å². The molecule has 0 spiro atoms. The summed E-state index contributed by atoms with van der Waals surface area (Å²) >= 11 is 0. The van der Waals surface area contributed by atoms with E-state index in [1.54, 1.807) is 0 Å². The van der Waals surface area contributed by atoms with Crippen LogP contribution in [0.15, 0.2) is 53.5 Å². The molecule has 0 aromatic heterocycles. The van der Waals surface area contributed by atoms with Crippen LogP contribution in [-0.2, 0) is 11.3 Å². The van der Waals surface area contributed by atoms with Crippen LogP contribution in [0.2, 0.25) is 0 Å². The maximum Gasteiger partial charge on any atom is 0.191 e. The molecule has 1 fully saturated rings. The molecular weight excluding hydrogens is 302 g/mol. The second-order valence-corrected chi connectivity index (χ2v) is 5.80. The maximum absolute atomic E-state index is 6.10. The number of nitrogens with two attached hydrogens (primary N) is 1. The Kier molecular flexibility index (Phi) is 5.33. The van der Waals surface area contributed by atoms with E-state index in [1.807, 2.05) is 60.4 Å². The fraction of sp³-hybridized carbons (Fsp3) is 0.316. The third kappa shape index (κ3) is 4.26. The van der Waals surface area contributed by atoms with Gasteiger partial charge in [-0.2, -0.15) is 0 Å². The molecule has 0 unspecified atom stereocenters. The highest BCUT2D eigenvalue weighted by atomic mass is 16.5. The van der Waals surface area contributed by atoms with Crippen molar-refractivity contribution in [2.75, 3.05) is 26.3 Å². The van der Waals surface area contributed by atoms with Crippen molar-refractivity contribution in [1.29, 1.82) is 0 Å². The Labute approximate surface area is 142 Å². The van der Waals surface area contributed by atoms with E-state index in [4.69, 9.17) is 15.2 Å². The summed E-state index contributed by atoms with van der Waals surface area (Å²) in [6.07, 6.45) is 0. The van der Waals surface area contributed by atoms with Crippen LogP contribution >= 0.6 is 0 Å². The molecule has 0 saturated carbocycles. The molecule has 1 aliphatic rings. The van der Waals surface area contributed by atoms with Crippen molar-refractivity contribution in [3.63, 3.8) is 0 Å². The van der Waals surface area contributed by atoms with Gasteiger partial charge in [0.1, 0.15) is 11.5 Å². The lowest BCUT2D eigenvalue weighted by Gasteiger charge is -2.27. The van der Waals surface area contributed by atoms with E-state index in [2.05, 4.69) is 4.99 Å². The van der Waals surface area contributed by atoms with Gasteiger partial charge in [0.2, 0.25) is 0 Å². The summed E-state index contributed by atoms with van der Waals surface area (Å²) in [5.41, 5.74) is 8.27. The predicted molar refractivity (Wildman–Crippen MR) is 95.4 cm³/mol. The van der Waals surface area contributed by atoms with Gasteiger partial charge in [-0.1, -0.05) is 30.3 Å². The van der Waals surface area contributed by atoms with Crippen molar-refractivity contribution in [3.8, 4) is 11.5 Å². The zero-order chi connectivity index (χ0) is 16.8. The van der Waals surface area contributed by atoms with E-state index in [0.29, 0.717) is 25.7 Å². The first-order chi connectivity index (χ1) is 11.7. The average molecular weight is 325 g/mol. The first kappa shape index (κ1) is 16.3. The molecule has 24 heavy (non-hydrogen) atoms. The Morgan fingerprint density at radius 3 is 2.75 bits per heavy atom. The minimum Gasteiger partial charge on any atom is -0.457 e. The average Bonchev–Trinajstić information content (AvgIpc) is 2.61. The van der Waals surface area contributed by atoms with Gasteiger partial charge in [-0.25, -0.2) is 4.99 Å². The first-order valence-electron chi connectivity index (χ1n) is 8.17. The van der Waals surface area contributed by atoms with Crippen LogP contribution in [0.5, 0.6) is 11.5 Å². The molecule has 2 N–H and O–H groups in total. The second kappa shape index (κ2) is 7.84. The van der Waals surface area contributed by atoms with Crippen LogP contribution in [0.1, 0.15) is 11.1 Å². The van der Waals surface area contributed by atoms with Gasteiger partial charge in [0.05, 0.1) is 19.8 Å². The van der Waals surface area contributed by atoms with Crippen molar-refractivity contribution >= 4 is 5.96 Å². The molecule has 3 rings (SSSR count). The normalized spacial score (nSPS) is 15.4. The van der Waals surface area contributed by atoms with Crippen LogP contribution in [-0.4, -0.2) is 37.2 Å². The van der Waals surface area contributed by atoms with E-state index in [9.17, 15) is 0 Å². The molecule has 1 saturated heterocycles. The van der Waals surface area contributed by atoms with Gasteiger partial charge in [0.15, 0.2) is 5.96 Å². The molecule has 1 heterocycles. The number of rotatable bonds is 4. The SMILES string of the molecule is Cc1cccc(Oc2ccccc2CN=C(N)N2CCOCC2)c1. The fourth-order valence-electron chi connectivity index (χ4n) is 2.60. The molecule has 0 amide bonds. The van der Waals surface area contributed by atoms with Crippen molar-refractivity contribution in [1.82, 2.24) is 4.90 Å². The molecule has 0 bridgehead atoms. The zero-order valence-electron chi connectivity index (χ0n) is 13.9. The number of hydrogen-bond donors (Lipinski definition) is 1. The van der Waals surface area contributed by atoms with Crippen LogP contribution < -0.4 is 10.5 Å². The van der Waals surface area contributed by atoms with Crippen LogP contribution in [0.3, 0.4) is 0 Å². The number of para-hydroxylation sites is 1. The van der Waals surface area contributed by atoms with Gasteiger partial charge in [0, 0.05) is 18.7 Å². The molecule has 5 heteroatoms. The second-order valence-electron chi connectivity index (χ2n) is 5.80. The number of aliphatic imine (C=N–C) groups is 1. The van der Waals surface area contributed by atoms with E-state index < -0.39 is 0 Å². The summed E-state index contributed by atoms with van der Waals surface area (Å²) in [4.78, 5) is 6.57. The maximum atomic E-state index is 6.10. The highest BCUT2D eigenvalue weighted by Gasteiger charge is 2.12. The van der Waals surface area contributed by atoms with E-state index in [1.165, 1.54) is 5.56 Å². The lowest BCUT2D eigenvalue weighted by atomic mass is 10.2. The van der Waals surface area contributed by atoms with Gasteiger partial charge in [0.25, 0.3) is 0 Å². The lowest BCUT2D eigenvalue weighted by Crippen LogP contribution is -2.44.